The Balaban J connectivity index is 2.47. The third-order valence-corrected chi connectivity index (χ3v) is 3.63. The van der Waals surface area contributed by atoms with Crippen LogP contribution in [0, 0.1) is 5.92 Å². The number of nitrogens with two attached hydrogens (primary N) is 1. The molecule has 0 aromatic heterocycles. The number of hydrogen-bond donors (Lipinski definition) is 3. The molecule has 0 bridgehead atoms. The van der Waals surface area contributed by atoms with Crippen LogP contribution in [0.1, 0.15) is 39.5 Å². The maximum atomic E-state index is 9.06. The molecule has 0 radical (unpaired) electrons. The summed E-state index contributed by atoms with van der Waals surface area (Å²) < 4.78 is 0. The molecule has 0 saturated heterocycles. The van der Waals surface area contributed by atoms with E-state index in [9.17, 15) is 0 Å². The maximum absolute atomic E-state index is 9.06. The molecule has 1 saturated carbocycles. The van der Waals surface area contributed by atoms with Crippen molar-refractivity contribution in [3.05, 3.63) is 0 Å². The summed E-state index contributed by atoms with van der Waals surface area (Å²) in [5.41, 5.74) is 5.99. The normalized spacial score (nSPS) is 24.9. The van der Waals surface area contributed by atoms with Gasteiger partial charge in [0.05, 0.1) is 0 Å². The fourth-order valence-electron chi connectivity index (χ4n) is 2.24. The van der Waals surface area contributed by atoms with E-state index in [2.05, 4.69) is 19.2 Å². The molecule has 0 aliphatic heterocycles. The Hall–Kier alpha value is -0.120. The molecule has 1 aliphatic carbocycles. The Kier molecular flexibility index (Phi) is 4.35. The van der Waals surface area contributed by atoms with E-state index in [1.807, 2.05) is 0 Å². The molecule has 0 amide bonds. The minimum Gasteiger partial charge on any atom is -0.396 e. The number of aliphatic hydroxyl groups excluding tert-OH is 1. The molecule has 84 valence electrons. The van der Waals surface area contributed by atoms with E-state index in [0.717, 1.165) is 6.54 Å². The molecule has 3 heteroatoms. The molecule has 0 aromatic rings. The van der Waals surface area contributed by atoms with Crippen molar-refractivity contribution < 1.29 is 5.11 Å². The van der Waals surface area contributed by atoms with E-state index in [4.69, 9.17) is 10.8 Å². The Morgan fingerprint density at radius 1 is 1.36 bits per heavy atom. The Labute approximate surface area is 87.1 Å². The fraction of sp³-hybridized carbons (Fsp3) is 1.00. The molecule has 1 fully saturated rings. The van der Waals surface area contributed by atoms with Gasteiger partial charge in [-0.3, -0.25) is 0 Å². The first kappa shape index (κ1) is 12.0. The lowest BCUT2D eigenvalue weighted by Gasteiger charge is -2.34. The monoisotopic (exact) mass is 200 g/mol. The van der Waals surface area contributed by atoms with Crippen LogP contribution in [0.25, 0.3) is 0 Å². The van der Waals surface area contributed by atoms with Gasteiger partial charge in [0, 0.05) is 24.7 Å². The standard InChI is InChI=1S/C11H24N2O/c1-9(7-14)10(2)13-11(8-12)5-3-4-6-11/h9-10,13-14H,3-8,12H2,1-2H3. The van der Waals surface area contributed by atoms with Gasteiger partial charge < -0.3 is 16.2 Å². The predicted octanol–water partition coefficient (Wildman–Crippen LogP) is 0.864. The highest BCUT2D eigenvalue weighted by Crippen LogP contribution is 2.29. The Bertz CT molecular complexity index is 167. The van der Waals surface area contributed by atoms with Crippen molar-refractivity contribution in [1.82, 2.24) is 5.32 Å². The topological polar surface area (TPSA) is 58.3 Å². The highest BCUT2D eigenvalue weighted by Gasteiger charge is 2.33. The van der Waals surface area contributed by atoms with Crippen LogP contribution in [0.15, 0.2) is 0 Å². The summed E-state index contributed by atoms with van der Waals surface area (Å²) in [5, 5.41) is 12.7. The van der Waals surface area contributed by atoms with E-state index in [1.165, 1.54) is 25.7 Å². The average Bonchev–Trinajstić information content (AvgIpc) is 2.65. The van der Waals surface area contributed by atoms with Gasteiger partial charge in [0.15, 0.2) is 0 Å². The van der Waals surface area contributed by atoms with Crippen molar-refractivity contribution in [2.24, 2.45) is 11.7 Å². The maximum Gasteiger partial charge on any atom is 0.0471 e. The van der Waals surface area contributed by atoms with Crippen molar-refractivity contribution in [2.45, 2.75) is 51.1 Å². The molecule has 0 spiro atoms. The van der Waals surface area contributed by atoms with Gasteiger partial charge in [0.25, 0.3) is 0 Å². The van der Waals surface area contributed by atoms with Gasteiger partial charge in [-0.15, -0.1) is 0 Å². The molecule has 1 aliphatic rings. The van der Waals surface area contributed by atoms with Crippen LogP contribution in [0.2, 0.25) is 0 Å². The van der Waals surface area contributed by atoms with Gasteiger partial charge in [-0.05, 0) is 25.7 Å². The molecule has 1 rings (SSSR count). The first-order chi connectivity index (χ1) is 6.63. The third kappa shape index (κ3) is 2.69. The average molecular weight is 200 g/mol. The van der Waals surface area contributed by atoms with Gasteiger partial charge in [0.1, 0.15) is 0 Å². The summed E-state index contributed by atoms with van der Waals surface area (Å²) in [5.74, 6) is 0.305. The van der Waals surface area contributed by atoms with Gasteiger partial charge in [-0.2, -0.15) is 0 Å². The summed E-state index contributed by atoms with van der Waals surface area (Å²) in [6.45, 7) is 5.16. The van der Waals surface area contributed by atoms with Crippen LogP contribution in [0.4, 0.5) is 0 Å². The molecule has 14 heavy (non-hydrogen) atoms. The Morgan fingerprint density at radius 2 is 1.93 bits per heavy atom. The van der Waals surface area contributed by atoms with Crippen LogP contribution >= 0.6 is 0 Å². The van der Waals surface area contributed by atoms with Gasteiger partial charge in [-0.1, -0.05) is 19.8 Å². The second-order valence-corrected chi connectivity index (χ2v) is 4.78. The zero-order valence-corrected chi connectivity index (χ0v) is 9.42. The number of hydrogen-bond acceptors (Lipinski definition) is 3. The lowest BCUT2D eigenvalue weighted by molar-refractivity contribution is 0.181. The van der Waals surface area contributed by atoms with Crippen molar-refractivity contribution in [1.29, 1.82) is 0 Å². The second kappa shape index (κ2) is 5.10. The molecule has 2 unspecified atom stereocenters. The number of nitrogens with one attached hydrogen (secondary N) is 1. The lowest BCUT2D eigenvalue weighted by Crippen LogP contribution is -2.54. The summed E-state index contributed by atoms with van der Waals surface area (Å²) in [7, 11) is 0. The van der Waals surface area contributed by atoms with Gasteiger partial charge in [-0.25, -0.2) is 0 Å². The zero-order chi connectivity index (χ0) is 10.6. The van der Waals surface area contributed by atoms with Crippen LogP contribution < -0.4 is 11.1 Å². The van der Waals surface area contributed by atoms with E-state index in [0.29, 0.717) is 12.0 Å². The minimum atomic E-state index is 0.156. The highest BCUT2D eigenvalue weighted by atomic mass is 16.3. The fourth-order valence-corrected chi connectivity index (χ4v) is 2.24. The number of aliphatic hydroxyl groups is 1. The van der Waals surface area contributed by atoms with Gasteiger partial charge >= 0.3 is 0 Å². The second-order valence-electron chi connectivity index (χ2n) is 4.78. The molecule has 4 N–H and O–H groups in total. The first-order valence-corrected chi connectivity index (χ1v) is 5.72. The van der Waals surface area contributed by atoms with Crippen LogP contribution in [-0.4, -0.2) is 29.8 Å². The van der Waals surface area contributed by atoms with Gasteiger partial charge in [0.2, 0.25) is 0 Å². The molecule has 2 atom stereocenters. The highest BCUT2D eigenvalue weighted by molar-refractivity contribution is 4.95. The van der Waals surface area contributed by atoms with Crippen LogP contribution in [0.5, 0.6) is 0 Å². The summed E-state index contributed by atoms with van der Waals surface area (Å²) in [6, 6.07) is 0.349. The summed E-state index contributed by atoms with van der Waals surface area (Å²) in [6.07, 6.45) is 4.94. The van der Waals surface area contributed by atoms with Crippen molar-refractivity contribution in [3.63, 3.8) is 0 Å². The van der Waals surface area contributed by atoms with Crippen molar-refractivity contribution in [3.8, 4) is 0 Å². The van der Waals surface area contributed by atoms with Crippen LogP contribution in [0.3, 0.4) is 0 Å². The van der Waals surface area contributed by atoms with Crippen LogP contribution in [-0.2, 0) is 0 Å². The molecular formula is C11H24N2O. The lowest BCUT2D eigenvalue weighted by atomic mass is 9.94. The van der Waals surface area contributed by atoms with E-state index < -0.39 is 0 Å². The van der Waals surface area contributed by atoms with E-state index in [-0.39, 0.29) is 12.1 Å². The molecule has 0 heterocycles. The first-order valence-electron chi connectivity index (χ1n) is 5.72. The molecule has 3 nitrogen and oxygen atoms in total. The summed E-state index contributed by atoms with van der Waals surface area (Å²) in [4.78, 5) is 0. The Morgan fingerprint density at radius 3 is 2.36 bits per heavy atom. The SMILES string of the molecule is CC(CO)C(C)NC1(CN)CCCC1. The number of rotatable bonds is 5. The zero-order valence-electron chi connectivity index (χ0n) is 9.42. The smallest absolute Gasteiger partial charge is 0.0471 e. The minimum absolute atomic E-state index is 0.156. The molecular weight excluding hydrogens is 176 g/mol. The largest absolute Gasteiger partial charge is 0.396 e. The van der Waals surface area contributed by atoms with E-state index in [1.54, 1.807) is 0 Å². The quantitative estimate of drug-likeness (QED) is 0.617. The van der Waals surface area contributed by atoms with E-state index >= 15 is 0 Å². The third-order valence-electron chi connectivity index (χ3n) is 3.63. The molecule has 0 aromatic carbocycles. The predicted molar refractivity (Wildman–Crippen MR) is 59.1 cm³/mol. The summed E-state index contributed by atoms with van der Waals surface area (Å²) >= 11 is 0. The van der Waals surface area contributed by atoms with Crippen molar-refractivity contribution in [2.75, 3.05) is 13.2 Å². The van der Waals surface area contributed by atoms with Crippen molar-refractivity contribution >= 4 is 0 Å².